The van der Waals surface area contributed by atoms with Gasteiger partial charge in [0.05, 0.1) is 0 Å². The van der Waals surface area contributed by atoms with Gasteiger partial charge in [-0.3, -0.25) is 4.79 Å². The van der Waals surface area contributed by atoms with Gasteiger partial charge in [0, 0.05) is 23.8 Å². The molecule has 2 heterocycles. The van der Waals surface area contributed by atoms with Crippen molar-refractivity contribution in [3.05, 3.63) is 22.8 Å². The fraction of sp³-hybridized carbons (Fsp3) is 0.455. The number of hydrogen-bond donors (Lipinski definition) is 1. The molecule has 5 heteroatoms. The highest BCUT2D eigenvalue weighted by Gasteiger charge is 2.28. The van der Waals surface area contributed by atoms with Gasteiger partial charge in [0.25, 0.3) is 0 Å². The zero-order valence-corrected chi connectivity index (χ0v) is 10.7. The number of piperazine rings is 1. The summed E-state index contributed by atoms with van der Waals surface area (Å²) in [6.07, 6.45) is 2.55. The van der Waals surface area contributed by atoms with E-state index in [0.29, 0.717) is 6.54 Å². The van der Waals surface area contributed by atoms with Crippen LogP contribution in [-0.2, 0) is 4.79 Å². The highest BCUT2D eigenvalue weighted by Crippen LogP contribution is 2.19. The zero-order chi connectivity index (χ0) is 11.5. The van der Waals surface area contributed by atoms with Crippen molar-refractivity contribution in [2.45, 2.75) is 19.4 Å². The van der Waals surface area contributed by atoms with E-state index in [0.717, 1.165) is 23.3 Å². The Morgan fingerprint density at radius 1 is 1.62 bits per heavy atom. The Kier molecular flexibility index (Phi) is 3.43. The molecule has 1 N–H and O–H groups in total. The third-order valence-corrected chi connectivity index (χ3v) is 3.19. The minimum absolute atomic E-state index is 0.0950. The van der Waals surface area contributed by atoms with Crippen LogP contribution in [-0.4, -0.2) is 30.0 Å². The molecule has 0 radical (unpaired) electrons. The summed E-state index contributed by atoms with van der Waals surface area (Å²) in [5.41, 5.74) is 0. The van der Waals surface area contributed by atoms with Crippen LogP contribution in [0.4, 0.5) is 5.82 Å². The van der Waals surface area contributed by atoms with E-state index >= 15 is 0 Å². The van der Waals surface area contributed by atoms with Crippen molar-refractivity contribution in [1.82, 2.24) is 10.3 Å². The van der Waals surface area contributed by atoms with Crippen LogP contribution in [0.1, 0.15) is 13.3 Å². The minimum atomic E-state index is -0.0950. The van der Waals surface area contributed by atoms with Gasteiger partial charge in [-0.05, 0) is 34.5 Å². The molecule has 0 spiro atoms. The number of carbonyl (C=O) groups is 1. The van der Waals surface area contributed by atoms with Crippen molar-refractivity contribution >= 4 is 27.7 Å². The largest absolute Gasteiger partial charge is 0.353 e. The van der Waals surface area contributed by atoms with Gasteiger partial charge >= 0.3 is 0 Å². The van der Waals surface area contributed by atoms with Gasteiger partial charge < -0.3 is 10.2 Å². The summed E-state index contributed by atoms with van der Waals surface area (Å²) < 4.78 is 0.950. The summed E-state index contributed by atoms with van der Waals surface area (Å²) in [7, 11) is 0. The van der Waals surface area contributed by atoms with Crippen molar-refractivity contribution in [1.29, 1.82) is 0 Å². The number of hydrogen-bond acceptors (Lipinski definition) is 3. The second-order valence-corrected chi connectivity index (χ2v) is 4.66. The van der Waals surface area contributed by atoms with E-state index in [1.807, 2.05) is 19.1 Å². The molecule has 1 amide bonds. The Bertz CT molecular complexity index is 379. The van der Waals surface area contributed by atoms with E-state index in [-0.39, 0.29) is 11.9 Å². The molecule has 1 fully saturated rings. The number of carbonyl (C=O) groups excluding carboxylic acids is 1. The average molecular weight is 284 g/mol. The fourth-order valence-electron chi connectivity index (χ4n) is 1.93. The first-order valence-electron chi connectivity index (χ1n) is 5.38. The molecule has 0 saturated carbocycles. The lowest BCUT2D eigenvalue weighted by atomic mass is 10.1. The number of aromatic nitrogens is 1. The lowest BCUT2D eigenvalue weighted by Crippen LogP contribution is -2.55. The topological polar surface area (TPSA) is 45.2 Å². The first-order chi connectivity index (χ1) is 7.72. The van der Waals surface area contributed by atoms with Gasteiger partial charge in [0.2, 0.25) is 5.91 Å². The highest BCUT2D eigenvalue weighted by atomic mass is 79.9. The van der Waals surface area contributed by atoms with Gasteiger partial charge in [-0.2, -0.15) is 0 Å². The first kappa shape index (κ1) is 11.4. The van der Waals surface area contributed by atoms with E-state index in [2.05, 4.69) is 31.1 Å². The van der Waals surface area contributed by atoms with Crippen molar-refractivity contribution < 1.29 is 4.79 Å². The standard InChI is InChI=1S/C11H14BrN3O/c1-2-9-11(16)13-5-6-15(9)10-4-3-8(12)7-14-10/h3-4,7,9H,2,5-6H2,1H3,(H,13,16). The van der Waals surface area contributed by atoms with Crippen molar-refractivity contribution in [3.8, 4) is 0 Å². The monoisotopic (exact) mass is 283 g/mol. The van der Waals surface area contributed by atoms with E-state index in [1.54, 1.807) is 6.20 Å². The smallest absolute Gasteiger partial charge is 0.242 e. The Morgan fingerprint density at radius 3 is 3.06 bits per heavy atom. The van der Waals surface area contributed by atoms with E-state index in [1.165, 1.54) is 0 Å². The molecule has 1 aromatic rings. The molecule has 16 heavy (non-hydrogen) atoms. The Labute approximate surface area is 103 Å². The molecule has 4 nitrogen and oxygen atoms in total. The molecule has 1 aliphatic heterocycles. The molecule has 1 saturated heterocycles. The molecular weight excluding hydrogens is 270 g/mol. The number of nitrogens with zero attached hydrogens (tertiary/aromatic N) is 2. The normalized spacial score (nSPS) is 20.8. The van der Waals surface area contributed by atoms with Crippen molar-refractivity contribution in [2.75, 3.05) is 18.0 Å². The van der Waals surface area contributed by atoms with Crippen LogP contribution in [0.15, 0.2) is 22.8 Å². The molecule has 1 unspecified atom stereocenters. The van der Waals surface area contributed by atoms with Crippen LogP contribution in [0, 0.1) is 0 Å². The quantitative estimate of drug-likeness (QED) is 0.896. The molecule has 86 valence electrons. The van der Waals surface area contributed by atoms with Gasteiger partial charge in [-0.1, -0.05) is 6.92 Å². The molecule has 2 rings (SSSR count). The third kappa shape index (κ3) is 2.19. The van der Waals surface area contributed by atoms with Gasteiger partial charge in [0.1, 0.15) is 11.9 Å². The molecule has 1 aliphatic rings. The summed E-state index contributed by atoms with van der Waals surface area (Å²) in [5, 5.41) is 2.88. The van der Waals surface area contributed by atoms with Crippen molar-refractivity contribution in [3.63, 3.8) is 0 Å². The molecular formula is C11H14BrN3O. The summed E-state index contributed by atoms with van der Waals surface area (Å²) in [4.78, 5) is 18.1. The number of halogens is 1. The van der Waals surface area contributed by atoms with Gasteiger partial charge in [-0.25, -0.2) is 4.98 Å². The Balaban J connectivity index is 2.24. The summed E-state index contributed by atoms with van der Waals surface area (Å²) in [6, 6.07) is 3.79. The van der Waals surface area contributed by atoms with Crippen LogP contribution >= 0.6 is 15.9 Å². The first-order valence-corrected chi connectivity index (χ1v) is 6.17. The highest BCUT2D eigenvalue weighted by molar-refractivity contribution is 9.10. The SMILES string of the molecule is CCC1C(=O)NCCN1c1ccc(Br)cn1. The molecule has 0 bridgehead atoms. The predicted octanol–water partition coefficient (Wildman–Crippen LogP) is 1.56. The average Bonchev–Trinajstić information content (AvgIpc) is 2.30. The molecule has 1 aromatic heterocycles. The fourth-order valence-corrected chi connectivity index (χ4v) is 2.17. The number of rotatable bonds is 2. The number of nitrogens with one attached hydrogen (secondary N) is 1. The van der Waals surface area contributed by atoms with Gasteiger partial charge in [0.15, 0.2) is 0 Å². The molecule has 1 atom stereocenters. The predicted molar refractivity (Wildman–Crippen MR) is 66.4 cm³/mol. The van der Waals surface area contributed by atoms with Crippen LogP contribution in [0.25, 0.3) is 0 Å². The maximum atomic E-state index is 11.7. The summed E-state index contributed by atoms with van der Waals surface area (Å²) >= 11 is 3.35. The van der Waals surface area contributed by atoms with E-state index < -0.39 is 0 Å². The number of amides is 1. The van der Waals surface area contributed by atoms with Gasteiger partial charge in [-0.15, -0.1) is 0 Å². The maximum Gasteiger partial charge on any atom is 0.242 e. The van der Waals surface area contributed by atoms with E-state index in [9.17, 15) is 4.79 Å². The van der Waals surface area contributed by atoms with Crippen LogP contribution in [0.2, 0.25) is 0 Å². The zero-order valence-electron chi connectivity index (χ0n) is 9.11. The summed E-state index contributed by atoms with van der Waals surface area (Å²) in [6.45, 7) is 3.52. The summed E-state index contributed by atoms with van der Waals surface area (Å²) in [5.74, 6) is 0.961. The number of anilines is 1. The Hall–Kier alpha value is -1.10. The lowest BCUT2D eigenvalue weighted by Gasteiger charge is -2.35. The van der Waals surface area contributed by atoms with Crippen LogP contribution < -0.4 is 10.2 Å². The Morgan fingerprint density at radius 2 is 2.44 bits per heavy atom. The maximum absolute atomic E-state index is 11.7. The molecule has 0 aromatic carbocycles. The second-order valence-electron chi connectivity index (χ2n) is 3.74. The minimum Gasteiger partial charge on any atom is -0.353 e. The number of pyridine rings is 1. The van der Waals surface area contributed by atoms with E-state index in [4.69, 9.17) is 0 Å². The lowest BCUT2D eigenvalue weighted by molar-refractivity contribution is -0.123. The third-order valence-electron chi connectivity index (χ3n) is 2.72. The molecule has 0 aliphatic carbocycles. The van der Waals surface area contributed by atoms with Crippen molar-refractivity contribution in [2.24, 2.45) is 0 Å². The van der Waals surface area contributed by atoms with Crippen LogP contribution in [0.3, 0.4) is 0 Å². The van der Waals surface area contributed by atoms with Crippen LogP contribution in [0.5, 0.6) is 0 Å². The second kappa shape index (κ2) is 4.82.